The third-order valence-electron chi connectivity index (χ3n) is 3.68. The molecule has 0 spiro atoms. The second kappa shape index (κ2) is 8.88. The fourth-order valence-corrected chi connectivity index (χ4v) is 2.19. The van der Waals surface area contributed by atoms with E-state index in [1.807, 2.05) is 31.3 Å². The van der Waals surface area contributed by atoms with Gasteiger partial charge >= 0.3 is 0 Å². The van der Waals surface area contributed by atoms with Crippen LogP contribution in [0.15, 0.2) is 42.9 Å². The molecule has 0 radical (unpaired) electrons. The molecule has 2 aromatic rings. The molecule has 0 fully saturated rings. The molecule has 2 rings (SSSR count). The topological polar surface area (TPSA) is 58.1 Å². The number of likely N-dealkylation sites (N-methyl/N-ethyl adjacent to an activating group) is 1. The summed E-state index contributed by atoms with van der Waals surface area (Å²) in [5.74, 6) is 0.807. The van der Waals surface area contributed by atoms with Crippen molar-refractivity contribution in [2.75, 3.05) is 25.5 Å². The molecular formula is C18H24N4O. The van der Waals surface area contributed by atoms with Crippen molar-refractivity contribution in [3.8, 4) is 0 Å². The number of unbranched alkanes of at least 4 members (excludes halogenated alkanes) is 1. The first-order valence-electron chi connectivity index (χ1n) is 8.05. The van der Waals surface area contributed by atoms with Crippen LogP contribution >= 0.6 is 0 Å². The molecule has 0 aliphatic rings. The molecule has 0 aliphatic heterocycles. The van der Waals surface area contributed by atoms with Gasteiger partial charge in [0, 0.05) is 38.7 Å². The van der Waals surface area contributed by atoms with Gasteiger partial charge in [-0.15, -0.1) is 0 Å². The van der Waals surface area contributed by atoms with Gasteiger partial charge in [-0.3, -0.25) is 9.78 Å². The van der Waals surface area contributed by atoms with E-state index >= 15 is 0 Å². The Morgan fingerprint density at radius 1 is 1.22 bits per heavy atom. The summed E-state index contributed by atoms with van der Waals surface area (Å²) in [5.41, 5.74) is 1.79. The van der Waals surface area contributed by atoms with Crippen LogP contribution in [0.25, 0.3) is 0 Å². The lowest BCUT2D eigenvalue weighted by Crippen LogP contribution is -2.29. The minimum absolute atomic E-state index is 0.00772. The Kier molecular flexibility index (Phi) is 6.54. The van der Waals surface area contributed by atoms with E-state index in [0.717, 1.165) is 31.6 Å². The monoisotopic (exact) mass is 312 g/mol. The summed E-state index contributed by atoms with van der Waals surface area (Å²) in [7, 11) is 1.82. The normalized spacial score (nSPS) is 10.3. The van der Waals surface area contributed by atoms with Gasteiger partial charge in [0.15, 0.2) is 0 Å². The zero-order chi connectivity index (χ0) is 16.5. The number of amides is 1. The molecular weight excluding hydrogens is 288 g/mol. The molecule has 0 aliphatic carbocycles. The molecule has 0 aromatic carbocycles. The average molecular weight is 312 g/mol. The van der Waals surface area contributed by atoms with Gasteiger partial charge in [0.05, 0.1) is 5.56 Å². The maximum absolute atomic E-state index is 12.4. The van der Waals surface area contributed by atoms with Crippen molar-refractivity contribution in [1.29, 1.82) is 0 Å². The standard InChI is InChI=1S/C18H24N4O/c1-3-4-10-20-17-6-5-16(14-21-17)18(23)22(2)13-9-15-7-11-19-12-8-15/h5-8,11-12,14H,3-4,9-10,13H2,1-2H3,(H,20,21). The number of rotatable bonds is 8. The second-order valence-electron chi connectivity index (χ2n) is 5.54. The van der Waals surface area contributed by atoms with Crippen LogP contribution in [0.5, 0.6) is 0 Å². The Morgan fingerprint density at radius 2 is 2.00 bits per heavy atom. The molecule has 5 nitrogen and oxygen atoms in total. The highest BCUT2D eigenvalue weighted by molar-refractivity contribution is 5.93. The molecule has 5 heteroatoms. The van der Waals surface area contributed by atoms with Crippen LogP contribution in [0, 0.1) is 0 Å². The molecule has 122 valence electrons. The minimum Gasteiger partial charge on any atom is -0.370 e. The van der Waals surface area contributed by atoms with Gasteiger partial charge < -0.3 is 10.2 Å². The van der Waals surface area contributed by atoms with Crippen LogP contribution in [0.3, 0.4) is 0 Å². The molecule has 1 N–H and O–H groups in total. The van der Waals surface area contributed by atoms with E-state index in [2.05, 4.69) is 22.2 Å². The fraction of sp³-hybridized carbons (Fsp3) is 0.389. The van der Waals surface area contributed by atoms with Crippen LogP contribution in [0.1, 0.15) is 35.7 Å². The molecule has 0 atom stereocenters. The Hall–Kier alpha value is -2.43. The van der Waals surface area contributed by atoms with Gasteiger partial charge in [-0.25, -0.2) is 4.98 Å². The van der Waals surface area contributed by atoms with Gasteiger partial charge in [-0.1, -0.05) is 13.3 Å². The average Bonchev–Trinajstić information content (AvgIpc) is 2.61. The number of carbonyl (C=O) groups excluding carboxylic acids is 1. The number of nitrogens with one attached hydrogen (secondary N) is 1. The highest BCUT2D eigenvalue weighted by atomic mass is 16.2. The summed E-state index contributed by atoms with van der Waals surface area (Å²) in [5, 5.41) is 3.25. The molecule has 2 heterocycles. The van der Waals surface area contributed by atoms with E-state index in [1.54, 1.807) is 23.5 Å². The van der Waals surface area contributed by atoms with E-state index in [-0.39, 0.29) is 5.91 Å². The predicted octanol–water partition coefficient (Wildman–Crippen LogP) is 3.00. The van der Waals surface area contributed by atoms with Gasteiger partial charge in [-0.05, 0) is 42.7 Å². The van der Waals surface area contributed by atoms with Crippen molar-refractivity contribution in [2.24, 2.45) is 0 Å². The molecule has 0 saturated carbocycles. The first-order chi connectivity index (χ1) is 11.2. The first kappa shape index (κ1) is 16.9. The third kappa shape index (κ3) is 5.36. The van der Waals surface area contributed by atoms with Crippen molar-refractivity contribution in [1.82, 2.24) is 14.9 Å². The number of aromatic nitrogens is 2. The van der Waals surface area contributed by atoms with E-state index in [1.165, 1.54) is 5.56 Å². The maximum Gasteiger partial charge on any atom is 0.255 e. The van der Waals surface area contributed by atoms with Crippen molar-refractivity contribution in [3.05, 3.63) is 54.0 Å². The van der Waals surface area contributed by atoms with E-state index in [0.29, 0.717) is 12.1 Å². The van der Waals surface area contributed by atoms with Crippen molar-refractivity contribution >= 4 is 11.7 Å². The predicted molar refractivity (Wildman–Crippen MR) is 92.5 cm³/mol. The lowest BCUT2D eigenvalue weighted by molar-refractivity contribution is 0.0796. The lowest BCUT2D eigenvalue weighted by Gasteiger charge is -2.17. The molecule has 1 amide bonds. The molecule has 2 aromatic heterocycles. The summed E-state index contributed by atoms with van der Waals surface area (Å²) >= 11 is 0. The Morgan fingerprint density at radius 3 is 2.65 bits per heavy atom. The summed E-state index contributed by atoms with van der Waals surface area (Å²) in [6.45, 7) is 3.72. The smallest absolute Gasteiger partial charge is 0.255 e. The summed E-state index contributed by atoms with van der Waals surface area (Å²) < 4.78 is 0. The largest absolute Gasteiger partial charge is 0.370 e. The number of nitrogens with zero attached hydrogens (tertiary/aromatic N) is 3. The second-order valence-corrected chi connectivity index (χ2v) is 5.54. The van der Waals surface area contributed by atoms with Crippen LogP contribution in [-0.2, 0) is 6.42 Å². The lowest BCUT2D eigenvalue weighted by atomic mass is 10.2. The zero-order valence-corrected chi connectivity index (χ0v) is 13.8. The molecule has 0 saturated heterocycles. The minimum atomic E-state index is -0.00772. The Balaban J connectivity index is 1.86. The summed E-state index contributed by atoms with van der Waals surface area (Å²) in [6.07, 6.45) is 8.25. The van der Waals surface area contributed by atoms with Crippen LogP contribution < -0.4 is 5.32 Å². The molecule has 0 bridgehead atoms. The number of pyridine rings is 2. The van der Waals surface area contributed by atoms with Crippen molar-refractivity contribution in [3.63, 3.8) is 0 Å². The van der Waals surface area contributed by atoms with E-state index in [4.69, 9.17) is 0 Å². The number of carbonyl (C=O) groups is 1. The molecule has 23 heavy (non-hydrogen) atoms. The quantitative estimate of drug-likeness (QED) is 0.761. The van der Waals surface area contributed by atoms with Crippen LogP contribution in [0.4, 0.5) is 5.82 Å². The maximum atomic E-state index is 12.4. The third-order valence-corrected chi connectivity index (χ3v) is 3.68. The van der Waals surface area contributed by atoms with E-state index < -0.39 is 0 Å². The van der Waals surface area contributed by atoms with Crippen LogP contribution in [0.2, 0.25) is 0 Å². The fourth-order valence-electron chi connectivity index (χ4n) is 2.19. The van der Waals surface area contributed by atoms with Gasteiger partial charge in [-0.2, -0.15) is 0 Å². The van der Waals surface area contributed by atoms with Crippen LogP contribution in [-0.4, -0.2) is 40.9 Å². The molecule has 0 unspecified atom stereocenters. The number of hydrogen-bond acceptors (Lipinski definition) is 4. The van der Waals surface area contributed by atoms with Crippen molar-refractivity contribution in [2.45, 2.75) is 26.2 Å². The number of anilines is 1. The van der Waals surface area contributed by atoms with Gasteiger partial charge in [0.1, 0.15) is 5.82 Å². The zero-order valence-electron chi connectivity index (χ0n) is 13.8. The summed E-state index contributed by atoms with van der Waals surface area (Å²) in [4.78, 5) is 22.4. The number of hydrogen-bond donors (Lipinski definition) is 1. The van der Waals surface area contributed by atoms with Crippen molar-refractivity contribution < 1.29 is 4.79 Å². The first-order valence-corrected chi connectivity index (χ1v) is 8.05. The Labute approximate surface area is 137 Å². The van der Waals surface area contributed by atoms with Gasteiger partial charge in [0.2, 0.25) is 0 Å². The highest BCUT2D eigenvalue weighted by Crippen LogP contribution is 2.08. The Bertz CT molecular complexity index is 598. The highest BCUT2D eigenvalue weighted by Gasteiger charge is 2.12. The summed E-state index contributed by atoms with van der Waals surface area (Å²) in [6, 6.07) is 7.62. The van der Waals surface area contributed by atoms with Gasteiger partial charge in [0.25, 0.3) is 5.91 Å². The van der Waals surface area contributed by atoms with E-state index in [9.17, 15) is 4.79 Å². The SMILES string of the molecule is CCCCNc1ccc(C(=O)N(C)CCc2ccncc2)cn1.